The molecule has 3 nitrogen and oxygen atoms in total. The smallest absolute Gasteiger partial charge is 0.136 e. The third kappa shape index (κ3) is 4.87. The highest BCUT2D eigenvalue weighted by Crippen LogP contribution is 2.64. The summed E-state index contributed by atoms with van der Waals surface area (Å²) in [6.45, 7) is 0. The van der Waals surface area contributed by atoms with Gasteiger partial charge in [0.05, 0.1) is 5.41 Å². The number of benzene rings is 9. The normalized spacial score (nSPS) is 16.1. The van der Waals surface area contributed by atoms with Crippen LogP contribution in [0.15, 0.2) is 222 Å². The van der Waals surface area contributed by atoms with Crippen molar-refractivity contribution in [3.63, 3.8) is 0 Å². The third-order valence-corrected chi connectivity index (χ3v) is 14.2. The summed E-state index contributed by atoms with van der Waals surface area (Å²) in [6, 6.07) is 73.3. The Kier molecular flexibility index (Phi) is 7.44. The molecule has 0 bridgehead atoms. The van der Waals surface area contributed by atoms with E-state index < -0.39 is 5.41 Å². The minimum absolute atomic E-state index is 0.598. The first-order chi connectivity index (χ1) is 31.7. The van der Waals surface area contributed by atoms with E-state index in [2.05, 4.69) is 211 Å². The number of furan rings is 1. The predicted octanol–water partition coefficient (Wildman–Crippen LogP) is 16.6. The van der Waals surface area contributed by atoms with Crippen LogP contribution in [0.2, 0.25) is 0 Å². The number of anilines is 3. The molecule has 0 saturated heterocycles. The molecule has 9 aromatic carbocycles. The van der Waals surface area contributed by atoms with Gasteiger partial charge in [-0.25, -0.2) is 0 Å². The van der Waals surface area contributed by atoms with Gasteiger partial charge in [-0.15, -0.1) is 0 Å². The van der Waals surface area contributed by atoms with E-state index in [0.29, 0.717) is 0 Å². The van der Waals surface area contributed by atoms with Gasteiger partial charge in [0, 0.05) is 39.0 Å². The van der Waals surface area contributed by atoms with Crippen LogP contribution in [-0.2, 0) is 5.41 Å². The van der Waals surface area contributed by atoms with Crippen LogP contribution >= 0.6 is 0 Å². The van der Waals surface area contributed by atoms with E-state index in [9.17, 15) is 0 Å². The fraction of sp³-hybridized carbons (Fsp3) is 0.0492. The Morgan fingerprint density at radius 3 is 1.83 bits per heavy atom. The summed E-state index contributed by atoms with van der Waals surface area (Å²) in [5.74, 6) is 1.72. The van der Waals surface area contributed by atoms with E-state index >= 15 is 0 Å². The summed E-state index contributed by atoms with van der Waals surface area (Å²) < 4.78 is 13.2. The van der Waals surface area contributed by atoms with E-state index in [1.165, 1.54) is 55.7 Å². The quantitative estimate of drug-likeness (QED) is 0.178. The molecule has 3 aliphatic carbocycles. The molecular weight excluding hydrogens is 779 g/mol. The first kappa shape index (κ1) is 35.5. The molecule has 300 valence electrons. The van der Waals surface area contributed by atoms with Gasteiger partial charge in [0.2, 0.25) is 0 Å². The Balaban J connectivity index is 1.09. The lowest BCUT2D eigenvalue weighted by Gasteiger charge is -2.39. The highest BCUT2D eigenvalue weighted by atomic mass is 16.5. The van der Waals surface area contributed by atoms with Gasteiger partial charge >= 0.3 is 0 Å². The van der Waals surface area contributed by atoms with Crippen molar-refractivity contribution in [2.45, 2.75) is 18.3 Å². The van der Waals surface area contributed by atoms with E-state index in [1.54, 1.807) is 0 Å². The highest BCUT2D eigenvalue weighted by Gasteiger charge is 2.51. The first-order valence-electron chi connectivity index (χ1n) is 22.3. The van der Waals surface area contributed by atoms with Crippen molar-refractivity contribution in [2.24, 2.45) is 0 Å². The van der Waals surface area contributed by atoms with Crippen molar-refractivity contribution in [3.05, 3.63) is 240 Å². The summed E-state index contributed by atoms with van der Waals surface area (Å²) in [6.07, 6.45) is 6.70. The number of hydrogen-bond acceptors (Lipinski definition) is 3. The lowest BCUT2D eigenvalue weighted by Crippen LogP contribution is -2.31. The lowest BCUT2D eigenvalue weighted by atomic mass is 9.63. The summed E-state index contributed by atoms with van der Waals surface area (Å²) >= 11 is 0. The van der Waals surface area contributed by atoms with Gasteiger partial charge in [-0.05, 0) is 146 Å². The van der Waals surface area contributed by atoms with Gasteiger partial charge in [0.1, 0.15) is 22.7 Å². The molecule has 2 heterocycles. The van der Waals surface area contributed by atoms with Crippen LogP contribution in [0.25, 0.3) is 72.0 Å². The van der Waals surface area contributed by atoms with Crippen LogP contribution < -0.4 is 9.64 Å². The van der Waals surface area contributed by atoms with Crippen LogP contribution in [0.3, 0.4) is 0 Å². The lowest BCUT2D eigenvalue weighted by molar-refractivity contribution is 0.488. The monoisotopic (exact) mass is 817 g/mol. The van der Waals surface area contributed by atoms with Crippen molar-refractivity contribution < 1.29 is 9.15 Å². The van der Waals surface area contributed by atoms with Gasteiger partial charge in [-0.2, -0.15) is 0 Å². The molecule has 0 radical (unpaired) electrons. The van der Waals surface area contributed by atoms with Crippen molar-refractivity contribution in [2.75, 3.05) is 4.90 Å². The van der Waals surface area contributed by atoms with Crippen molar-refractivity contribution in [1.82, 2.24) is 0 Å². The third-order valence-electron chi connectivity index (χ3n) is 14.2. The molecule has 14 rings (SSSR count). The van der Waals surface area contributed by atoms with E-state index in [-0.39, 0.29) is 0 Å². The molecule has 1 aliphatic heterocycles. The maximum Gasteiger partial charge on any atom is 0.136 e. The molecule has 64 heavy (non-hydrogen) atoms. The zero-order valence-electron chi connectivity index (χ0n) is 34.9. The Bertz CT molecular complexity index is 3660. The predicted molar refractivity (Wildman–Crippen MR) is 262 cm³/mol. The minimum atomic E-state index is -0.598. The number of para-hydroxylation sites is 4. The molecule has 0 amide bonds. The average Bonchev–Trinajstić information content (AvgIpc) is 3.78. The van der Waals surface area contributed by atoms with Gasteiger partial charge in [-0.3, -0.25) is 0 Å². The SMILES string of the molecule is C1=CC2=C(CC1)C1(c3cc(N(c4ccccc4)c4ccc5c(c4)-c4ccccc4Oc4ccccc4-5)ccc3-c3ccccc32)c2ccccc2-c2cc3oc4ccccc4c3cc21. The fourth-order valence-electron chi connectivity index (χ4n) is 11.6. The largest absolute Gasteiger partial charge is 0.456 e. The number of rotatable bonds is 3. The van der Waals surface area contributed by atoms with Crippen LogP contribution in [0.5, 0.6) is 11.5 Å². The number of hydrogen-bond donors (Lipinski definition) is 0. The number of fused-ring (bicyclic) bond motifs is 19. The van der Waals surface area contributed by atoms with Gasteiger partial charge < -0.3 is 14.1 Å². The summed E-state index contributed by atoms with van der Waals surface area (Å²) in [5, 5.41) is 2.29. The Labute approximate surface area is 371 Å². The summed E-state index contributed by atoms with van der Waals surface area (Å²) in [7, 11) is 0. The molecular formula is C61H39NO2. The minimum Gasteiger partial charge on any atom is -0.456 e. The maximum absolute atomic E-state index is 6.63. The van der Waals surface area contributed by atoms with Crippen LogP contribution in [0.1, 0.15) is 35.1 Å². The first-order valence-corrected chi connectivity index (χ1v) is 22.3. The van der Waals surface area contributed by atoms with E-state index in [0.717, 1.165) is 85.6 Å². The summed E-state index contributed by atoms with van der Waals surface area (Å²) in [4.78, 5) is 2.44. The molecule has 3 heteroatoms. The molecule has 10 aromatic rings. The number of allylic oxidation sites excluding steroid dienone is 4. The summed E-state index contributed by atoms with van der Waals surface area (Å²) in [5.41, 5.74) is 21.9. The number of nitrogens with zero attached hydrogens (tertiary/aromatic N) is 1. The van der Waals surface area contributed by atoms with Crippen molar-refractivity contribution in [1.29, 1.82) is 0 Å². The molecule has 0 N–H and O–H groups in total. The molecule has 1 atom stereocenters. The van der Waals surface area contributed by atoms with E-state index in [1.807, 2.05) is 6.07 Å². The topological polar surface area (TPSA) is 25.6 Å². The zero-order valence-corrected chi connectivity index (χ0v) is 34.9. The standard InChI is InChI=1S/C61H39NO2/c1-2-16-38(17-3-1)62(39-30-32-43-47-22-8-13-27-57(47)63-58-28-14-9-23-48(58)50(43)34-39)40-31-33-46-42-19-5-4-18-41(42)44-20-6-11-25-53(44)61(55(46)35-40)54-26-12-7-21-45(54)51-37-60-52(36-56(51)61)49-24-10-15-29-59(49)64-60/h1-10,12-24,26-37H,11,25H2. The molecule has 0 saturated carbocycles. The van der Waals surface area contributed by atoms with Gasteiger partial charge in [0.15, 0.2) is 0 Å². The maximum atomic E-state index is 6.63. The molecule has 1 aromatic heterocycles. The second-order valence-electron chi connectivity index (χ2n) is 17.4. The zero-order chi connectivity index (χ0) is 41.9. The second kappa shape index (κ2) is 13.4. The Morgan fingerprint density at radius 2 is 1.00 bits per heavy atom. The number of ether oxygens (including phenoxy) is 1. The van der Waals surface area contributed by atoms with Gasteiger partial charge in [-0.1, -0.05) is 146 Å². The Hall–Kier alpha value is -8.14. The van der Waals surface area contributed by atoms with Crippen LogP contribution in [0.4, 0.5) is 17.1 Å². The van der Waals surface area contributed by atoms with Crippen LogP contribution in [0, 0.1) is 0 Å². The molecule has 1 unspecified atom stereocenters. The fourth-order valence-corrected chi connectivity index (χ4v) is 11.6. The molecule has 4 aliphatic rings. The molecule has 0 fully saturated rings. The molecule has 1 spiro atoms. The highest BCUT2D eigenvalue weighted by molar-refractivity contribution is 6.09. The van der Waals surface area contributed by atoms with Gasteiger partial charge in [0.25, 0.3) is 0 Å². The van der Waals surface area contributed by atoms with E-state index in [4.69, 9.17) is 9.15 Å². The average molecular weight is 818 g/mol. The Morgan fingerprint density at radius 1 is 0.391 bits per heavy atom. The van der Waals surface area contributed by atoms with Crippen molar-refractivity contribution in [3.8, 4) is 56.0 Å². The van der Waals surface area contributed by atoms with Crippen LogP contribution in [-0.4, -0.2) is 0 Å². The second-order valence-corrected chi connectivity index (χ2v) is 17.4. The van der Waals surface area contributed by atoms with Crippen molar-refractivity contribution >= 4 is 44.6 Å².